The van der Waals surface area contributed by atoms with Crippen LogP contribution >= 0.6 is 0 Å². The largest absolute Gasteiger partial charge is 0.383 e. The van der Waals surface area contributed by atoms with Crippen molar-refractivity contribution in [2.45, 2.75) is 37.8 Å². The SMILES string of the molecule is Cn1ncc2c(N)nc(N3CCCC3c3nc(C(=O)NC4CC4)no3)nc21. The van der Waals surface area contributed by atoms with Crippen LogP contribution in [-0.4, -0.2) is 48.4 Å². The molecule has 0 radical (unpaired) electrons. The number of nitrogens with two attached hydrogens (primary N) is 1. The van der Waals surface area contributed by atoms with Gasteiger partial charge in [-0.1, -0.05) is 5.16 Å². The molecule has 0 aromatic carbocycles. The summed E-state index contributed by atoms with van der Waals surface area (Å²) in [6, 6.07) is 0.0504. The van der Waals surface area contributed by atoms with Crippen LogP contribution in [0.4, 0.5) is 11.8 Å². The molecule has 4 heterocycles. The number of rotatable bonds is 4. The van der Waals surface area contributed by atoms with Gasteiger partial charge in [-0.15, -0.1) is 0 Å². The van der Waals surface area contributed by atoms with Crippen molar-refractivity contribution >= 4 is 28.7 Å². The van der Waals surface area contributed by atoms with Crippen LogP contribution in [0.15, 0.2) is 10.7 Å². The molecule has 1 saturated carbocycles. The van der Waals surface area contributed by atoms with Crippen molar-refractivity contribution in [1.29, 1.82) is 0 Å². The van der Waals surface area contributed by atoms with Gasteiger partial charge in [0.05, 0.1) is 11.6 Å². The van der Waals surface area contributed by atoms with Crippen LogP contribution in [0.25, 0.3) is 11.0 Å². The van der Waals surface area contributed by atoms with E-state index in [1.165, 1.54) is 0 Å². The van der Waals surface area contributed by atoms with E-state index in [0.717, 1.165) is 32.2 Å². The second-order valence-corrected chi connectivity index (χ2v) is 6.97. The van der Waals surface area contributed by atoms with E-state index >= 15 is 0 Å². The molecule has 0 spiro atoms. The minimum Gasteiger partial charge on any atom is -0.383 e. The molecular weight excluding hydrogens is 350 g/mol. The van der Waals surface area contributed by atoms with Crippen molar-refractivity contribution in [2.24, 2.45) is 7.05 Å². The number of carbonyl (C=O) groups is 1. The maximum Gasteiger partial charge on any atom is 0.292 e. The number of fused-ring (bicyclic) bond motifs is 1. The van der Waals surface area contributed by atoms with Crippen LogP contribution in [0.2, 0.25) is 0 Å². The van der Waals surface area contributed by atoms with Gasteiger partial charge in [-0.05, 0) is 25.7 Å². The molecule has 1 aliphatic carbocycles. The third-order valence-electron chi connectivity index (χ3n) is 4.96. The summed E-state index contributed by atoms with van der Waals surface area (Å²) in [6.07, 6.45) is 5.38. The minimum absolute atomic E-state index is 0.0614. The van der Waals surface area contributed by atoms with Crippen LogP contribution in [0.5, 0.6) is 0 Å². The first-order valence-corrected chi connectivity index (χ1v) is 8.96. The lowest BCUT2D eigenvalue weighted by atomic mass is 10.2. The zero-order valence-corrected chi connectivity index (χ0v) is 14.8. The zero-order chi connectivity index (χ0) is 18.5. The third-order valence-corrected chi connectivity index (χ3v) is 4.96. The highest BCUT2D eigenvalue weighted by Gasteiger charge is 2.34. The van der Waals surface area contributed by atoms with Gasteiger partial charge in [0.15, 0.2) is 5.65 Å². The average Bonchev–Trinajstić information content (AvgIpc) is 3.06. The van der Waals surface area contributed by atoms with Gasteiger partial charge in [0.25, 0.3) is 11.7 Å². The van der Waals surface area contributed by atoms with Gasteiger partial charge in [-0.2, -0.15) is 20.1 Å². The molecule has 1 amide bonds. The smallest absolute Gasteiger partial charge is 0.292 e. The van der Waals surface area contributed by atoms with Gasteiger partial charge in [0, 0.05) is 19.6 Å². The Morgan fingerprint density at radius 3 is 2.96 bits per heavy atom. The summed E-state index contributed by atoms with van der Waals surface area (Å²) >= 11 is 0. The van der Waals surface area contributed by atoms with E-state index in [0.29, 0.717) is 28.7 Å². The van der Waals surface area contributed by atoms with Crippen molar-refractivity contribution in [2.75, 3.05) is 17.2 Å². The lowest BCUT2D eigenvalue weighted by Gasteiger charge is -2.21. The molecular formula is C16H19N9O2. The summed E-state index contributed by atoms with van der Waals surface area (Å²) < 4.78 is 7.04. The first-order chi connectivity index (χ1) is 13.1. The molecule has 5 rings (SSSR count). The van der Waals surface area contributed by atoms with Gasteiger partial charge in [-0.25, -0.2) is 0 Å². The summed E-state index contributed by atoms with van der Waals surface area (Å²) in [5.74, 6) is 1.03. The van der Waals surface area contributed by atoms with Gasteiger partial charge >= 0.3 is 0 Å². The predicted molar refractivity (Wildman–Crippen MR) is 94.8 cm³/mol. The highest BCUT2D eigenvalue weighted by molar-refractivity contribution is 5.90. The van der Waals surface area contributed by atoms with Crippen LogP contribution in [0, 0.1) is 0 Å². The maximum absolute atomic E-state index is 12.1. The zero-order valence-electron chi connectivity index (χ0n) is 14.8. The number of anilines is 2. The molecule has 2 fully saturated rings. The number of nitrogen functional groups attached to an aromatic ring is 1. The van der Waals surface area contributed by atoms with Gasteiger partial charge in [-0.3, -0.25) is 9.48 Å². The Morgan fingerprint density at radius 2 is 2.15 bits per heavy atom. The minimum atomic E-state index is -0.297. The Labute approximate surface area is 153 Å². The predicted octanol–water partition coefficient (Wildman–Crippen LogP) is 0.562. The average molecular weight is 369 g/mol. The number of nitrogens with zero attached hydrogens (tertiary/aromatic N) is 7. The number of hydrogen-bond donors (Lipinski definition) is 2. The fourth-order valence-corrected chi connectivity index (χ4v) is 3.36. The molecule has 11 nitrogen and oxygen atoms in total. The second-order valence-electron chi connectivity index (χ2n) is 6.97. The molecule has 3 aromatic rings. The number of nitrogens with one attached hydrogen (secondary N) is 1. The molecule has 0 bridgehead atoms. The highest BCUT2D eigenvalue weighted by atomic mass is 16.5. The Morgan fingerprint density at radius 1 is 1.30 bits per heavy atom. The Balaban J connectivity index is 1.44. The Hall–Kier alpha value is -3.24. The molecule has 3 aromatic heterocycles. The first kappa shape index (κ1) is 16.0. The molecule has 27 heavy (non-hydrogen) atoms. The number of hydrogen-bond acceptors (Lipinski definition) is 9. The number of amides is 1. The van der Waals surface area contributed by atoms with Crippen molar-refractivity contribution in [1.82, 2.24) is 35.2 Å². The molecule has 1 aliphatic heterocycles. The van der Waals surface area contributed by atoms with E-state index in [9.17, 15) is 4.79 Å². The second kappa shape index (κ2) is 5.89. The van der Waals surface area contributed by atoms with Gasteiger partial charge in [0.1, 0.15) is 11.9 Å². The fraction of sp³-hybridized carbons (Fsp3) is 0.500. The summed E-state index contributed by atoms with van der Waals surface area (Å²) in [5, 5.41) is 11.6. The van der Waals surface area contributed by atoms with E-state index < -0.39 is 0 Å². The summed E-state index contributed by atoms with van der Waals surface area (Å²) in [7, 11) is 1.81. The lowest BCUT2D eigenvalue weighted by molar-refractivity contribution is 0.0937. The quantitative estimate of drug-likeness (QED) is 0.674. The lowest BCUT2D eigenvalue weighted by Crippen LogP contribution is -2.27. The van der Waals surface area contributed by atoms with E-state index in [1.54, 1.807) is 10.9 Å². The van der Waals surface area contributed by atoms with Crippen molar-refractivity contribution < 1.29 is 9.32 Å². The molecule has 11 heteroatoms. The fourth-order valence-electron chi connectivity index (χ4n) is 3.36. The summed E-state index contributed by atoms with van der Waals surface area (Å²) in [6.45, 7) is 0.736. The molecule has 3 N–H and O–H groups in total. The van der Waals surface area contributed by atoms with Crippen LogP contribution < -0.4 is 16.0 Å². The van der Waals surface area contributed by atoms with E-state index in [4.69, 9.17) is 10.3 Å². The number of aryl methyl sites for hydroxylation is 1. The molecule has 1 atom stereocenters. The van der Waals surface area contributed by atoms with E-state index in [2.05, 4.69) is 30.5 Å². The molecule has 2 aliphatic rings. The van der Waals surface area contributed by atoms with E-state index in [1.807, 2.05) is 11.9 Å². The highest BCUT2D eigenvalue weighted by Crippen LogP contribution is 2.35. The Kier molecular flexibility index (Phi) is 3.49. The molecule has 140 valence electrons. The van der Waals surface area contributed by atoms with Crippen LogP contribution in [0.3, 0.4) is 0 Å². The Bertz CT molecular complexity index is 1020. The van der Waals surface area contributed by atoms with Crippen molar-refractivity contribution in [3.05, 3.63) is 17.9 Å². The molecule has 1 saturated heterocycles. The summed E-state index contributed by atoms with van der Waals surface area (Å²) in [4.78, 5) is 27.4. The number of carbonyl (C=O) groups excluding carboxylic acids is 1. The normalized spacial score (nSPS) is 19.7. The van der Waals surface area contributed by atoms with Crippen molar-refractivity contribution in [3.8, 4) is 0 Å². The first-order valence-electron chi connectivity index (χ1n) is 8.96. The maximum atomic E-state index is 12.1. The summed E-state index contributed by atoms with van der Waals surface area (Å²) in [5.41, 5.74) is 6.75. The number of aromatic nitrogens is 6. The monoisotopic (exact) mass is 369 g/mol. The standard InChI is InChI=1S/C16H19N9O2/c1-24-13-9(7-18-24)11(17)20-16(22-13)25-6-2-3-10(25)15-21-12(23-27-15)14(26)19-8-4-5-8/h7-8,10H,2-6H2,1H3,(H,19,26)(H2,17,20,22). The van der Waals surface area contributed by atoms with E-state index in [-0.39, 0.29) is 23.8 Å². The van der Waals surface area contributed by atoms with Crippen molar-refractivity contribution in [3.63, 3.8) is 0 Å². The molecule has 1 unspecified atom stereocenters. The van der Waals surface area contributed by atoms with Gasteiger partial charge < -0.3 is 20.5 Å². The van der Waals surface area contributed by atoms with Crippen LogP contribution in [-0.2, 0) is 7.05 Å². The third kappa shape index (κ3) is 2.75. The van der Waals surface area contributed by atoms with Crippen LogP contribution in [0.1, 0.15) is 48.2 Å². The topological polar surface area (TPSA) is 141 Å². The van der Waals surface area contributed by atoms with Gasteiger partial charge in [0.2, 0.25) is 11.8 Å².